The van der Waals surface area contributed by atoms with Crippen LogP contribution in [0.3, 0.4) is 0 Å². The van der Waals surface area contributed by atoms with Gasteiger partial charge in [-0.2, -0.15) is 9.40 Å². The van der Waals surface area contributed by atoms with Crippen LogP contribution in [0.2, 0.25) is 0 Å². The Morgan fingerprint density at radius 2 is 1.94 bits per heavy atom. The van der Waals surface area contributed by atoms with Gasteiger partial charge >= 0.3 is 0 Å². The van der Waals surface area contributed by atoms with Gasteiger partial charge in [-0.25, -0.2) is 8.42 Å². The van der Waals surface area contributed by atoms with E-state index in [0.717, 1.165) is 0 Å². The molecule has 3 aromatic heterocycles. The van der Waals surface area contributed by atoms with Crippen LogP contribution < -0.4 is 0 Å². The maximum Gasteiger partial charge on any atom is 0.292 e. The van der Waals surface area contributed by atoms with Crippen LogP contribution >= 0.6 is 0 Å². The van der Waals surface area contributed by atoms with Crippen molar-refractivity contribution in [3.8, 4) is 11.3 Å². The van der Waals surface area contributed by atoms with Crippen LogP contribution in [-0.2, 0) is 17.1 Å². The summed E-state index contributed by atoms with van der Waals surface area (Å²) in [6, 6.07) is 5.15. The summed E-state index contributed by atoms with van der Waals surface area (Å²) in [6.07, 6.45) is 4.70. The van der Waals surface area contributed by atoms with Crippen LogP contribution in [0.1, 0.15) is 36.0 Å². The van der Waals surface area contributed by atoms with E-state index in [2.05, 4.69) is 15.2 Å². The Morgan fingerprint density at radius 1 is 1.19 bits per heavy atom. The summed E-state index contributed by atoms with van der Waals surface area (Å²) in [6.45, 7) is 4.82. The number of piperazine rings is 1. The number of sulfonamides is 1. The summed E-state index contributed by atoms with van der Waals surface area (Å²) in [7, 11) is -2.11. The molecular formula is C20H24N6O4S. The van der Waals surface area contributed by atoms with Crippen molar-refractivity contribution in [2.24, 2.45) is 7.05 Å². The Labute approximate surface area is 180 Å². The number of nitrogens with zero attached hydrogens (tertiary/aromatic N) is 6. The number of hydrogen-bond acceptors (Lipinski definition) is 7. The van der Waals surface area contributed by atoms with E-state index in [1.165, 1.54) is 15.2 Å². The van der Waals surface area contributed by atoms with Gasteiger partial charge in [-0.1, -0.05) is 19.0 Å². The highest BCUT2D eigenvalue weighted by molar-refractivity contribution is 7.89. The molecule has 31 heavy (non-hydrogen) atoms. The lowest BCUT2D eigenvalue weighted by atomic mass is 10.1. The summed E-state index contributed by atoms with van der Waals surface area (Å²) >= 11 is 0. The van der Waals surface area contributed by atoms with Crippen molar-refractivity contribution in [1.29, 1.82) is 0 Å². The van der Waals surface area contributed by atoms with Gasteiger partial charge in [-0.05, 0) is 18.1 Å². The van der Waals surface area contributed by atoms with Crippen LogP contribution in [0.4, 0.5) is 0 Å². The fraction of sp³-hybridized carbons (Fsp3) is 0.400. The molecule has 164 valence electrons. The van der Waals surface area contributed by atoms with Crippen molar-refractivity contribution >= 4 is 15.9 Å². The quantitative estimate of drug-likeness (QED) is 0.589. The molecule has 1 amide bonds. The first-order valence-electron chi connectivity index (χ1n) is 9.97. The summed E-state index contributed by atoms with van der Waals surface area (Å²) in [4.78, 5) is 18.5. The number of amides is 1. The second-order valence-corrected chi connectivity index (χ2v) is 9.63. The average Bonchev–Trinajstić information content (AvgIpc) is 3.41. The Bertz CT molecular complexity index is 1180. The third-order valence-corrected chi connectivity index (χ3v) is 7.10. The van der Waals surface area contributed by atoms with Crippen molar-refractivity contribution in [3.63, 3.8) is 0 Å². The van der Waals surface area contributed by atoms with Gasteiger partial charge < -0.3 is 9.42 Å². The van der Waals surface area contributed by atoms with Gasteiger partial charge in [0.05, 0.1) is 5.69 Å². The number of hydrogen-bond donors (Lipinski definition) is 0. The number of rotatable bonds is 5. The minimum absolute atomic E-state index is 0.125. The molecule has 0 saturated carbocycles. The third-order valence-electron chi connectivity index (χ3n) is 5.20. The first kappa shape index (κ1) is 21.2. The van der Waals surface area contributed by atoms with Gasteiger partial charge in [0, 0.05) is 63.4 Å². The molecule has 1 fully saturated rings. The summed E-state index contributed by atoms with van der Waals surface area (Å²) in [5, 5.41) is 8.25. The first-order valence-corrected chi connectivity index (χ1v) is 11.4. The number of pyridine rings is 1. The molecule has 0 radical (unpaired) electrons. The maximum absolute atomic E-state index is 13.3. The third kappa shape index (κ3) is 4.10. The highest BCUT2D eigenvalue weighted by Crippen LogP contribution is 2.28. The zero-order chi connectivity index (χ0) is 22.2. The second kappa shape index (κ2) is 8.23. The lowest BCUT2D eigenvalue weighted by Crippen LogP contribution is -2.50. The lowest BCUT2D eigenvalue weighted by molar-refractivity contribution is 0.0656. The molecule has 1 aliphatic rings. The highest BCUT2D eigenvalue weighted by Gasteiger charge is 2.34. The molecule has 0 atom stereocenters. The Kier molecular flexibility index (Phi) is 5.63. The fourth-order valence-electron chi connectivity index (χ4n) is 3.45. The molecule has 0 aromatic carbocycles. The monoisotopic (exact) mass is 444 g/mol. The maximum atomic E-state index is 13.3. The van der Waals surface area contributed by atoms with Crippen LogP contribution in [0.25, 0.3) is 11.3 Å². The van der Waals surface area contributed by atoms with E-state index in [0.29, 0.717) is 17.0 Å². The van der Waals surface area contributed by atoms with Gasteiger partial charge in [0.25, 0.3) is 5.91 Å². The molecule has 4 heterocycles. The molecule has 11 heteroatoms. The molecule has 3 aromatic rings. The largest absolute Gasteiger partial charge is 0.351 e. The van der Waals surface area contributed by atoms with Gasteiger partial charge in [0.1, 0.15) is 10.6 Å². The summed E-state index contributed by atoms with van der Waals surface area (Å²) in [5.41, 5.74) is 1.70. The van der Waals surface area contributed by atoms with E-state index in [4.69, 9.17) is 4.52 Å². The molecular weight excluding hydrogens is 420 g/mol. The van der Waals surface area contributed by atoms with Gasteiger partial charge in [-0.3, -0.25) is 14.5 Å². The van der Waals surface area contributed by atoms with E-state index in [1.807, 2.05) is 13.8 Å². The Balaban J connectivity index is 1.50. The van der Waals surface area contributed by atoms with Crippen molar-refractivity contribution in [1.82, 2.24) is 29.1 Å². The minimum Gasteiger partial charge on any atom is -0.351 e. The average molecular weight is 445 g/mol. The fourth-order valence-corrected chi connectivity index (χ4v) is 5.06. The van der Waals surface area contributed by atoms with Crippen molar-refractivity contribution in [2.75, 3.05) is 26.2 Å². The smallest absolute Gasteiger partial charge is 0.292 e. The Hall–Kier alpha value is -3.05. The molecule has 0 aliphatic carbocycles. The van der Waals surface area contributed by atoms with Crippen molar-refractivity contribution in [3.05, 3.63) is 48.2 Å². The van der Waals surface area contributed by atoms with E-state index < -0.39 is 10.0 Å². The zero-order valence-corrected chi connectivity index (χ0v) is 18.4. The number of aryl methyl sites for hydroxylation is 1. The highest BCUT2D eigenvalue weighted by atomic mass is 32.2. The summed E-state index contributed by atoms with van der Waals surface area (Å²) < 4.78 is 34.7. The van der Waals surface area contributed by atoms with Crippen LogP contribution in [0.5, 0.6) is 0 Å². The van der Waals surface area contributed by atoms with Crippen LogP contribution in [0, 0.1) is 0 Å². The minimum atomic E-state index is -3.79. The van der Waals surface area contributed by atoms with Crippen LogP contribution in [0.15, 0.2) is 46.2 Å². The van der Waals surface area contributed by atoms with Gasteiger partial charge in [-0.15, -0.1) is 0 Å². The molecule has 4 rings (SSSR count). The standard InChI is InChI=1S/C20H24N6O4S/c1-14(2)16-11-17(30-23-16)20(27)25-7-9-26(10-8-25)31(28,29)18-13-24(3)22-19(18)15-5-4-6-21-12-15/h4-6,11-14H,7-10H2,1-3H3. The predicted octanol–water partition coefficient (Wildman–Crippen LogP) is 1.74. The first-order chi connectivity index (χ1) is 14.8. The van der Waals surface area contributed by atoms with Gasteiger partial charge in [0.2, 0.25) is 15.8 Å². The predicted molar refractivity (Wildman–Crippen MR) is 112 cm³/mol. The topological polar surface area (TPSA) is 114 Å². The molecule has 10 nitrogen and oxygen atoms in total. The van der Waals surface area contributed by atoms with E-state index in [1.54, 1.807) is 42.5 Å². The molecule has 1 saturated heterocycles. The normalized spacial score (nSPS) is 15.5. The molecule has 0 N–H and O–H groups in total. The van der Waals surface area contributed by atoms with E-state index >= 15 is 0 Å². The zero-order valence-electron chi connectivity index (χ0n) is 17.6. The lowest BCUT2D eigenvalue weighted by Gasteiger charge is -2.33. The van der Waals surface area contributed by atoms with E-state index in [-0.39, 0.29) is 48.7 Å². The van der Waals surface area contributed by atoms with Gasteiger partial charge in [0.15, 0.2) is 0 Å². The Morgan fingerprint density at radius 3 is 2.55 bits per heavy atom. The molecule has 0 bridgehead atoms. The SMILES string of the molecule is CC(C)c1cc(C(=O)N2CCN(S(=O)(=O)c3cn(C)nc3-c3cccnc3)CC2)on1. The van der Waals surface area contributed by atoms with Crippen molar-refractivity contribution in [2.45, 2.75) is 24.7 Å². The molecule has 1 aliphatic heterocycles. The number of aromatic nitrogens is 4. The summed E-state index contributed by atoms with van der Waals surface area (Å²) in [5.74, 6) is 0.0424. The van der Waals surface area contributed by atoms with E-state index in [9.17, 15) is 13.2 Å². The molecule has 0 spiro atoms. The van der Waals surface area contributed by atoms with Crippen LogP contribution in [-0.4, -0.2) is 69.6 Å². The number of carbonyl (C=O) groups is 1. The molecule has 0 unspecified atom stereocenters. The van der Waals surface area contributed by atoms with Crippen molar-refractivity contribution < 1.29 is 17.7 Å². The second-order valence-electron chi connectivity index (χ2n) is 7.72. The number of carbonyl (C=O) groups excluding carboxylic acids is 1.